The molecule has 1 amide bonds. The van der Waals surface area contributed by atoms with Gasteiger partial charge in [-0.2, -0.15) is 0 Å². The smallest absolute Gasteiger partial charge is 0.257 e. The second-order valence-corrected chi connectivity index (χ2v) is 4.77. The molecule has 18 heavy (non-hydrogen) atoms. The van der Waals surface area contributed by atoms with Crippen LogP contribution in [-0.2, 0) is 0 Å². The van der Waals surface area contributed by atoms with Gasteiger partial charge in [-0.25, -0.2) is 0 Å². The molecule has 1 rings (SSSR count). The minimum Gasteiger partial charge on any atom is -0.398 e. The molecule has 0 radical (unpaired) electrons. The number of hydrogen-bond donors (Lipinski definition) is 1. The van der Waals surface area contributed by atoms with Crippen molar-refractivity contribution in [2.24, 2.45) is 5.92 Å². The summed E-state index contributed by atoms with van der Waals surface area (Å²) in [7, 11) is 0. The normalized spacial score (nSPS) is 12.2. The van der Waals surface area contributed by atoms with Crippen molar-refractivity contribution in [2.45, 2.75) is 34.1 Å². The Kier molecular flexibility index (Phi) is 5.13. The summed E-state index contributed by atoms with van der Waals surface area (Å²) in [6.07, 6.45) is 2.64. The fourth-order valence-electron chi connectivity index (χ4n) is 1.79. The lowest BCUT2D eigenvalue weighted by molar-refractivity contribution is 0.0741. The first-order valence-corrected chi connectivity index (χ1v) is 6.50. The standard InChI is InChI=1S/C14H23N3O/c1-5-10(3)9-17(6-2)14(18)12-8-16-11(4)7-13(12)15/h7-8,10H,5-6,9H2,1-4H3,(H2,15,16). The van der Waals surface area contributed by atoms with Crippen LogP contribution in [-0.4, -0.2) is 28.9 Å². The minimum atomic E-state index is -0.0252. The maximum absolute atomic E-state index is 12.4. The number of carbonyl (C=O) groups excluding carboxylic acids is 1. The third kappa shape index (κ3) is 3.45. The van der Waals surface area contributed by atoms with Gasteiger partial charge in [0.15, 0.2) is 0 Å². The highest BCUT2D eigenvalue weighted by Crippen LogP contribution is 2.15. The molecule has 0 spiro atoms. The van der Waals surface area contributed by atoms with Crippen LogP contribution in [0, 0.1) is 12.8 Å². The molecule has 0 aromatic carbocycles. The fraction of sp³-hybridized carbons (Fsp3) is 0.571. The Labute approximate surface area is 109 Å². The van der Waals surface area contributed by atoms with Gasteiger partial charge in [0.25, 0.3) is 5.91 Å². The van der Waals surface area contributed by atoms with Gasteiger partial charge in [0, 0.05) is 30.7 Å². The van der Waals surface area contributed by atoms with E-state index in [4.69, 9.17) is 5.73 Å². The Balaban J connectivity index is 2.89. The number of anilines is 1. The lowest BCUT2D eigenvalue weighted by Crippen LogP contribution is -2.35. The number of rotatable bonds is 5. The average Bonchev–Trinajstić information content (AvgIpc) is 2.34. The van der Waals surface area contributed by atoms with Crippen LogP contribution in [0.3, 0.4) is 0 Å². The van der Waals surface area contributed by atoms with Crippen LogP contribution in [0.2, 0.25) is 0 Å². The molecule has 0 aliphatic carbocycles. The monoisotopic (exact) mass is 249 g/mol. The topological polar surface area (TPSA) is 59.2 Å². The molecule has 2 N–H and O–H groups in total. The highest BCUT2D eigenvalue weighted by atomic mass is 16.2. The summed E-state index contributed by atoms with van der Waals surface area (Å²) in [4.78, 5) is 18.3. The molecule has 1 heterocycles. The molecule has 1 atom stereocenters. The van der Waals surface area contributed by atoms with Gasteiger partial charge in [-0.3, -0.25) is 9.78 Å². The Morgan fingerprint density at radius 2 is 2.17 bits per heavy atom. The molecule has 1 aromatic rings. The minimum absolute atomic E-state index is 0.0252. The van der Waals surface area contributed by atoms with E-state index in [1.165, 1.54) is 0 Å². The van der Waals surface area contributed by atoms with Crippen LogP contribution < -0.4 is 5.73 Å². The molecule has 100 valence electrons. The first kappa shape index (κ1) is 14.5. The highest BCUT2D eigenvalue weighted by Gasteiger charge is 2.18. The highest BCUT2D eigenvalue weighted by molar-refractivity contribution is 5.98. The molecule has 4 nitrogen and oxygen atoms in total. The van der Waals surface area contributed by atoms with Crippen LogP contribution >= 0.6 is 0 Å². The number of aryl methyl sites for hydroxylation is 1. The number of amides is 1. The number of pyridine rings is 1. The second-order valence-electron chi connectivity index (χ2n) is 4.77. The number of nitrogen functional groups attached to an aromatic ring is 1. The van der Waals surface area contributed by atoms with E-state index in [1.807, 2.05) is 18.7 Å². The Morgan fingerprint density at radius 1 is 1.50 bits per heavy atom. The van der Waals surface area contributed by atoms with Crippen molar-refractivity contribution in [3.05, 3.63) is 23.5 Å². The van der Waals surface area contributed by atoms with E-state index in [0.717, 1.165) is 18.7 Å². The predicted octanol–water partition coefficient (Wildman–Crippen LogP) is 2.48. The van der Waals surface area contributed by atoms with Gasteiger partial charge in [-0.15, -0.1) is 0 Å². The number of nitrogens with two attached hydrogens (primary N) is 1. The zero-order valence-electron chi connectivity index (χ0n) is 11.7. The van der Waals surface area contributed by atoms with E-state index in [-0.39, 0.29) is 5.91 Å². The first-order chi connectivity index (χ1) is 8.49. The molecular formula is C14H23N3O. The Bertz CT molecular complexity index is 418. The maximum Gasteiger partial charge on any atom is 0.257 e. The third-order valence-electron chi connectivity index (χ3n) is 3.20. The van der Waals surface area contributed by atoms with E-state index < -0.39 is 0 Å². The second kappa shape index (κ2) is 6.38. The van der Waals surface area contributed by atoms with Gasteiger partial charge in [0.1, 0.15) is 0 Å². The summed E-state index contributed by atoms with van der Waals surface area (Å²) in [5.74, 6) is 0.469. The summed E-state index contributed by atoms with van der Waals surface area (Å²) in [6.45, 7) is 9.58. The molecular weight excluding hydrogens is 226 g/mol. The van der Waals surface area contributed by atoms with E-state index in [1.54, 1.807) is 12.3 Å². The zero-order valence-corrected chi connectivity index (χ0v) is 11.7. The molecule has 0 saturated carbocycles. The number of nitrogens with zero attached hydrogens (tertiary/aromatic N) is 2. The quantitative estimate of drug-likeness (QED) is 0.872. The molecule has 0 saturated heterocycles. The van der Waals surface area contributed by atoms with Gasteiger partial charge in [0.2, 0.25) is 0 Å². The maximum atomic E-state index is 12.4. The van der Waals surface area contributed by atoms with Gasteiger partial charge in [-0.05, 0) is 25.8 Å². The zero-order chi connectivity index (χ0) is 13.7. The van der Waals surface area contributed by atoms with Crippen molar-refractivity contribution in [3.63, 3.8) is 0 Å². The number of carbonyl (C=O) groups is 1. The lowest BCUT2D eigenvalue weighted by atomic mass is 10.1. The average molecular weight is 249 g/mol. The van der Waals surface area contributed by atoms with Crippen molar-refractivity contribution in [3.8, 4) is 0 Å². The van der Waals surface area contributed by atoms with E-state index in [9.17, 15) is 4.79 Å². The third-order valence-corrected chi connectivity index (χ3v) is 3.20. The summed E-state index contributed by atoms with van der Waals surface area (Å²) < 4.78 is 0. The first-order valence-electron chi connectivity index (χ1n) is 6.50. The molecule has 0 fully saturated rings. The van der Waals surface area contributed by atoms with Crippen molar-refractivity contribution in [2.75, 3.05) is 18.8 Å². The summed E-state index contributed by atoms with van der Waals surface area (Å²) in [6, 6.07) is 1.74. The molecule has 0 aliphatic heterocycles. The van der Waals surface area contributed by atoms with Crippen LogP contribution in [0.4, 0.5) is 5.69 Å². The lowest BCUT2D eigenvalue weighted by Gasteiger charge is -2.24. The SMILES string of the molecule is CCC(C)CN(CC)C(=O)c1cnc(C)cc1N. The number of hydrogen-bond acceptors (Lipinski definition) is 3. The predicted molar refractivity (Wildman–Crippen MR) is 74.4 cm³/mol. The molecule has 0 aliphatic rings. The van der Waals surface area contributed by atoms with Crippen molar-refractivity contribution >= 4 is 11.6 Å². The van der Waals surface area contributed by atoms with Gasteiger partial charge >= 0.3 is 0 Å². The Hall–Kier alpha value is -1.58. The largest absolute Gasteiger partial charge is 0.398 e. The van der Waals surface area contributed by atoms with Crippen LogP contribution in [0.25, 0.3) is 0 Å². The number of aromatic nitrogens is 1. The van der Waals surface area contributed by atoms with Crippen molar-refractivity contribution in [1.82, 2.24) is 9.88 Å². The Morgan fingerprint density at radius 3 is 2.67 bits per heavy atom. The fourth-order valence-corrected chi connectivity index (χ4v) is 1.79. The van der Waals surface area contributed by atoms with E-state index in [2.05, 4.69) is 18.8 Å². The van der Waals surface area contributed by atoms with E-state index >= 15 is 0 Å². The van der Waals surface area contributed by atoms with Gasteiger partial charge in [-0.1, -0.05) is 20.3 Å². The van der Waals surface area contributed by atoms with Crippen LogP contribution in [0.15, 0.2) is 12.3 Å². The molecule has 0 bridgehead atoms. The molecule has 1 unspecified atom stereocenters. The van der Waals surface area contributed by atoms with Crippen LogP contribution in [0.5, 0.6) is 0 Å². The van der Waals surface area contributed by atoms with Crippen molar-refractivity contribution < 1.29 is 4.79 Å². The van der Waals surface area contributed by atoms with Crippen LogP contribution in [0.1, 0.15) is 43.2 Å². The van der Waals surface area contributed by atoms with E-state index in [0.29, 0.717) is 23.7 Å². The van der Waals surface area contributed by atoms with Crippen molar-refractivity contribution in [1.29, 1.82) is 0 Å². The summed E-state index contributed by atoms with van der Waals surface area (Å²) in [5, 5.41) is 0. The summed E-state index contributed by atoms with van der Waals surface area (Å²) in [5.41, 5.74) is 7.73. The molecule has 1 aromatic heterocycles. The molecule has 4 heteroatoms. The van der Waals surface area contributed by atoms with Gasteiger partial charge in [0.05, 0.1) is 5.56 Å². The summed E-state index contributed by atoms with van der Waals surface area (Å²) >= 11 is 0. The van der Waals surface area contributed by atoms with Gasteiger partial charge < -0.3 is 10.6 Å².